The van der Waals surface area contributed by atoms with E-state index in [0.717, 1.165) is 11.1 Å². The van der Waals surface area contributed by atoms with Crippen molar-refractivity contribution in [2.45, 2.75) is 33.1 Å². The largest absolute Gasteiger partial charge is 0.504 e. The molecule has 132 valence electrons. The van der Waals surface area contributed by atoms with Gasteiger partial charge in [-0.25, -0.2) is 4.98 Å². The molecule has 0 radical (unpaired) electrons. The van der Waals surface area contributed by atoms with Crippen LogP contribution in [0.4, 0.5) is 0 Å². The Morgan fingerprint density at radius 3 is 2.64 bits per heavy atom. The Morgan fingerprint density at radius 2 is 1.96 bits per heavy atom. The van der Waals surface area contributed by atoms with Gasteiger partial charge in [0.25, 0.3) is 0 Å². The van der Waals surface area contributed by atoms with Crippen molar-refractivity contribution in [3.8, 4) is 5.75 Å². The Hall–Kier alpha value is -2.21. The zero-order chi connectivity index (χ0) is 18.4. The first kappa shape index (κ1) is 19.1. The summed E-state index contributed by atoms with van der Waals surface area (Å²) < 4.78 is 5.22. The number of ether oxygens (including phenoxy) is 1. The van der Waals surface area contributed by atoms with Gasteiger partial charge in [-0.3, -0.25) is 9.59 Å². The number of ketones is 1. The van der Waals surface area contributed by atoms with Gasteiger partial charge in [-0.05, 0) is 47.0 Å². The summed E-state index contributed by atoms with van der Waals surface area (Å²) >= 11 is 3.27. The van der Waals surface area contributed by atoms with Crippen LogP contribution in [0.25, 0.3) is 0 Å². The Bertz CT molecular complexity index is 789. The molecule has 6 heteroatoms. The second kappa shape index (κ2) is 8.76. The number of hydrogen-bond acceptors (Lipinski definition) is 5. The van der Waals surface area contributed by atoms with Gasteiger partial charge in [-0.1, -0.05) is 24.3 Å². The molecule has 0 saturated carbocycles. The Morgan fingerprint density at radius 1 is 1.24 bits per heavy atom. The van der Waals surface area contributed by atoms with E-state index >= 15 is 0 Å². The van der Waals surface area contributed by atoms with Crippen molar-refractivity contribution in [1.29, 1.82) is 0 Å². The van der Waals surface area contributed by atoms with Crippen molar-refractivity contribution in [3.63, 3.8) is 0 Å². The number of carbonyl (C=O) groups is 2. The number of hydrogen-bond donors (Lipinski definition) is 1. The van der Waals surface area contributed by atoms with E-state index in [2.05, 4.69) is 20.9 Å². The van der Waals surface area contributed by atoms with Crippen molar-refractivity contribution < 1.29 is 19.4 Å². The molecule has 0 aliphatic carbocycles. The number of pyridine rings is 1. The van der Waals surface area contributed by atoms with E-state index in [-0.39, 0.29) is 30.9 Å². The number of aromatic nitrogens is 1. The van der Waals surface area contributed by atoms with Gasteiger partial charge >= 0.3 is 5.97 Å². The molecule has 1 aromatic heterocycles. The van der Waals surface area contributed by atoms with Crippen LogP contribution in [-0.2, 0) is 16.0 Å². The Labute approximate surface area is 155 Å². The lowest BCUT2D eigenvalue weighted by molar-refractivity contribution is -0.143. The summed E-state index contributed by atoms with van der Waals surface area (Å²) in [6.07, 6.45) is 0.455. The highest BCUT2D eigenvalue weighted by molar-refractivity contribution is 9.10. The van der Waals surface area contributed by atoms with Crippen molar-refractivity contribution in [2.75, 3.05) is 6.61 Å². The summed E-state index contributed by atoms with van der Waals surface area (Å²) in [5.74, 6) is -1.04. The highest BCUT2D eigenvalue weighted by Gasteiger charge is 2.19. The standard InChI is InChI=1S/C19H20BrNO4/c1-3-25-17(23)9-8-16(22)18-19(24)15(20)11-14(21-18)10-13-7-5-4-6-12(13)2/h4-7,11,24H,3,8-10H2,1-2H3. The third-order valence-electron chi connectivity index (χ3n) is 3.76. The van der Waals surface area contributed by atoms with Gasteiger partial charge in [-0.15, -0.1) is 0 Å². The molecule has 0 unspecified atom stereocenters. The quantitative estimate of drug-likeness (QED) is 0.556. The summed E-state index contributed by atoms with van der Waals surface area (Å²) in [5, 5.41) is 10.1. The van der Waals surface area contributed by atoms with E-state index in [0.29, 0.717) is 16.6 Å². The number of carbonyl (C=O) groups excluding carboxylic acids is 2. The number of esters is 1. The van der Waals surface area contributed by atoms with Crippen LogP contribution < -0.4 is 0 Å². The molecule has 0 saturated heterocycles. The van der Waals surface area contributed by atoms with Crippen molar-refractivity contribution >= 4 is 27.7 Å². The van der Waals surface area contributed by atoms with Gasteiger partial charge < -0.3 is 9.84 Å². The summed E-state index contributed by atoms with van der Waals surface area (Å²) in [6.45, 7) is 3.99. The summed E-state index contributed by atoms with van der Waals surface area (Å²) in [7, 11) is 0. The van der Waals surface area contributed by atoms with Crippen molar-refractivity contribution in [3.05, 3.63) is 57.3 Å². The molecule has 0 aliphatic heterocycles. The van der Waals surface area contributed by atoms with Crippen LogP contribution in [0.1, 0.15) is 47.1 Å². The first-order valence-corrected chi connectivity index (χ1v) is 8.83. The van der Waals surface area contributed by atoms with Gasteiger partial charge in [0.1, 0.15) is 5.69 Å². The first-order chi connectivity index (χ1) is 11.9. The predicted molar refractivity (Wildman–Crippen MR) is 97.8 cm³/mol. The number of nitrogens with zero attached hydrogens (tertiary/aromatic N) is 1. The van der Waals surface area contributed by atoms with Crippen LogP contribution in [0.2, 0.25) is 0 Å². The van der Waals surface area contributed by atoms with Gasteiger partial charge in [0.15, 0.2) is 11.5 Å². The molecule has 0 spiro atoms. The Balaban J connectivity index is 2.21. The second-order valence-electron chi connectivity index (χ2n) is 5.62. The average Bonchev–Trinajstić information content (AvgIpc) is 2.58. The van der Waals surface area contributed by atoms with Crippen LogP contribution in [0.15, 0.2) is 34.8 Å². The minimum atomic E-state index is -0.439. The fourth-order valence-electron chi connectivity index (χ4n) is 2.41. The van der Waals surface area contributed by atoms with Crippen molar-refractivity contribution in [2.24, 2.45) is 0 Å². The minimum Gasteiger partial charge on any atom is -0.504 e. The maximum Gasteiger partial charge on any atom is 0.306 e. The molecule has 2 rings (SSSR count). The average molecular weight is 406 g/mol. The first-order valence-electron chi connectivity index (χ1n) is 8.04. The van der Waals surface area contributed by atoms with Gasteiger partial charge in [-0.2, -0.15) is 0 Å². The van der Waals surface area contributed by atoms with Crippen LogP contribution in [-0.4, -0.2) is 28.4 Å². The van der Waals surface area contributed by atoms with E-state index in [1.165, 1.54) is 0 Å². The van der Waals surface area contributed by atoms with Crippen LogP contribution >= 0.6 is 15.9 Å². The number of Topliss-reactive ketones (excluding diaryl/α,β-unsaturated/α-hetero) is 1. The van der Waals surface area contributed by atoms with Gasteiger partial charge in [0.2, 0.25) is 0 Å². The van der Waals surface area contributed by atoms with Crippen LogP contribution in [0.5, 0.6) is 5.75 Å². The monoisotopic (exact) mass is 405 g/mol. The lowest BCUT2D eigenvalue weighted by Gasteiger charge is -2.10. The van der Waals surface area contributed by atoms with E-state index in [1.807, 2.05) is 31.2 Å². The number of aryl methyl sites for hydroxylation is 1. The molecular formula is C19H20BrNO4. The third-order valence-corrected chi connectivity index (χ3v) is 4.36. The molecule has 0 amide bonds. The topological polar surface area (TPSA) is 76.5 Å². The fourth-order valence-corrected chi connectivity index (χ4v) is 2.86. The zero-order valence-electron chi connectivity index (χ0n) is 14.2. The fraction of sp³-hybridized carbons (Fsp3) is 0.316. The number of aromatic hydroxyl groups is 1. The number of halogens is 1. The second-order valence-corrected chi connectivity index (χ2v) is 6.48. The molecule has 0 aliphatic rings. The number of rotatable bonds is 7. The summed E-state index contributed by atoms with van der Waals surface area (Å²) in [6, 6.07) is 9.62. The molecule has 0 bridgehead atoms. The summed E-state index contributed by atoms with van der Waals surface area (Å²) in [4.78, 5) is 28.1. The van der Waals surface area contributed by atoms with E-state index in [1.54, 1.807) is 13.0 Å². The molecule has 1 aromatic carbocycles. The van der Waals surface area contributed by atoms with E-state index < -0.39 is 11.8 Å². The highest BCUT2D eigenvalue weighted by atomic mass is 79.9. The lowest BCUT2D eigenvalue weighted by Crippen LogP contribution is -2.10. The molecular weight excluding hydrogens is 386 g/mol. The van der Waals surface area contributed by atoms with Crippen LogP contribution in [0, 0.1) is 6.92 Å². The molecule has 25 heavy (non-hydrogen) atoms. The molecule has 2 aromatic rings. The lowest BCUT2D eigenvalue weighted by atomic mass is 10.0. The molecule has 5 nitrogen and oxygen atoms in total. The molecule has 1 heterocycles. The van der Waals surface area contributed by atoms with Crippen LogP contribution in [0.3, 0.4) is 0 Å². The molecule has 0 fully saturated rings. The van der Waals surface area contributed by atoms with E-state index in [9.17, 15) is 14.7 Å². The maximum atomic E-state index is 12.3. The smallest absolute Gasteiger partial charge is 0.306 e. The van der Waals surface area contributed by atoms with Gasteiger partial charge in [0.05, 0.1) is 17.5 Å². The third kappa shape index (κ3) is 5.13. The molecule has 1 N–H and O–H groups in total. The predicted octanol–water partition coefficient (Wildman–Crippen LogP) is 3.97. The number of benzene rings is 1. The SMILES string of the molecule is CCOC(=O)CCC(=O)c1nc(Cc2ccccc2C)cc(Br)c1O. The minimum absolute atomic E-state index is 0.0257. The zero-order valence-corrected chi connectivity index (χ0v) is 15.8. The van der Waals surface area contributed by atoms with E-state index in [4.69, 9.17) is 4.74 Å². The highest BCUT2D eigenvalue weighted by Crippen LogP contribution is 2.29. The summed E-state index contributed by atoms with van der Waals surface area (Å²) in [5.41, 5.74) is 2.86. The molecule has 0 atom stereocenters. The maximum absolute atomic E-state index is 12.3. The van der Waals surface area contributed by atoms with Crippen molar-refractivity contribution in [1.82, 2.24) is 4.98 Å². The van der Waals surface area contributed by atoms with Gasteiger partial charge in [0, 0.05) is 18.5 Å². The normalized spacial score (nSPS) is 10.5. The Kier molecular flexibility index (Phi) is 6.70.